The molecule has 1 heterocycles. The third kappa shape index (κ3) is 4.35. The van der Waals surface area contributed by atoms with Crippen molar-refractivity contribution >= 4 is 27.3 Å². The first-order chi connectivity index (χ1) is 10.5. The molecule has 2 rings (SSSR count). The molecular formula is C13H10BrF2N3O3. The Morgan fingerprint density at radius 2 is 2.14 bits per heavy atom. The van der Waals surface area contributed by atoms with Gasteiger partial charge in [0.05, 0.1) is 23.4 Å². The number of pyridine rings is 1. The van der Waals surface area contributed by atoms with Crippen molar-refractivity contribution in [2.75, 3.05) is 5.32 Å². The maximum atomic E-state index is 12.0. The molecule has 116 valence electrons. The van der Waals surface area contributed by atoms with Crippen molar-refractivity contribution in [1.82, 2.24) is 4.98 Å². The number of nitro benzene ring substituents is 1. The third-order valence-electron chi connectivity index (χ3n) is 2.64. The highest BCUT2D eigenvalue weighted by atomic mass is 79.9. The van der Waals surface area contributed by atoms with Crippen LogP contribution in [0.3, 0.4) is 0 Å². The number of rotatable bonds is 6. The SMILES string of the molecule is O=[N+]([O-])c1ccc(Br)cc1NCc1ccc(OC(F)F)cn1. The maximum Gasteiger partial charge on any atom is 0.387 e. The number of halogens is 3. The molecule has 1 aromatic heterocycles. The van der Waals surface area contributed by atoms with Crippen LogP contribution < -0.4 is 10.1 Å². The highest BCUT2D eigenvalue weighted by Gasteiger charge is 2.13. The number of hydrogen-bond acceptors (Lipinski definition) is 5. The van der Waals surface area contributed by atoms with E-state index < -0.39 is 11.5 Å². The molecule has 0 saturated heterocycles. The van der Waals surface area contributed by atoms with Crippen molar-refractivity contribution in [2.45, 2.75) is 13.2 Å². The summed E-state index contributed by atoms with van der Waals surface area (Å²) < 4.78 is 28.9. The lowest BCUT2D eigenvalue weighted by atomic mass is 10.2. The first kappa shape index (κ1) is 16.1. The van der Waals surface area contributed by atoms with E-state index in [0.29, 0.717) is 15.9 Å². The third-order valence-corrected chi connectivity index (χ3v) is 3.13. The van der Waals surface area contributed by atoms with Gasteiger partial charge in [0.15, 0.2) is 0 Å². The summed E-state index contributed by atoms with van der Waals surface area (Å²) in [6.07, 6.45) is 1.17. The Bertz CT molecular complexity index is 668. The first-order valence-electron chi connectivity index (χ1n) is 6.03. The Labute approximate surface area is 132 Å². The van der Waals surface area contributed by atoms with E-state index in [4.69, 9.17) is 0 Å². The van der Waals surface area contributed by atoms with Gasteiger partial charge in [0.2, 0.25) is 0 Å². The number of nitro groups is 1. The Morgan fingerprint density at radius 3 is 2.73 bits per heavy atom. The van der Waals surface area contributed by atoms with Gasteiger partial charge < -0.3 is 10.1 Å². The standard InChI is InChI=1S/C13H10BrF2N3O3/c14-8-1-4-12(19(20)21)11(5-8)18-6-9-2-3-10(7-17-9)22-13(15)16/h1-5,7,13,18H,6H2. The topological polar surface area (TPSA) is 77.3 Å². The molecule has 0 radical (unpaired) electrons. The zero-order chi connectivity index (χ0) is 16.1. The van der Waals surface area contributed by atoms with Crippen LogP contribution in [-0.4, -0.2) is 16.5 Å². The number of anilines is 1. The van der Waals surface area contributed by atoms with Crippen LogP contribution in [0, 0.1) is 10.1 Å². The van der Waals surface area contributed by atoms with Gasteiger partial charge in [-0.2, -0.15) is 8.78 Å². The molecule has 0 aliphatic carbocycles. The fourth-order valence-corrected chi connectivity index (χ4v) is 2.04. The van der Waals surface area contributed by atoms with E-state index in [1.54, 1.807) is 12.1 Å². The Hall–Kier alpha value is -2.29. The minimum absolute atomic E-state index is 0.0489. The minimum atomic E-state index is -2.91. The van der Waals surface area contributed by atoms with Gasteiger partial charge in [0.25, 0.3) is 5.69 Å². The molecule has 9 heteroatoms. The van der Waals surface area contributed by atoms with E-state index in [1.807, 2.05) is 0 Å². The van der Waals surface area contributed by atoms with Crippen molar-refractivity contribution in [2.24, 2.45) is 0 Å². The number of ether oxygens (including phenoxy) is 1. The summed E-state index contributed by atoms with van der Waals surface area (Å²) in [5.74, 6) is -0.0489. The summed E-state index contributed by atoms with van der Waals surface area (Å²) in [6.45, 7) is -2.71. The molecule has 0 amide bonds. The van der Waals surface area contributed by atoms with Gasteiger partial charge in [-0.05, 0) is 24.3 Å². The second kappa shape index (κ2) is 7.12. The molecule has 22 heavy (non-hydrogen) atoms. The van der Waals surface area contributed by atoms with Gasteiger partial charge >= 0.3 is 6.61 Å². The number of nitrogens with one attached hydrogen (secondary N) is 1. The first-order valence-corrected chi connectivity index (χ1v) is 6.82. The van der Waals surface area contributed by atoms with Crippen LogP contribution in [0.15, 0.2) is 41.0 Å². The predicted molar refractivity (Wildman–Crippen MR) is 79.0 cm³/mol. The number of nitrogens with zero attached hydrogens (tertiary/aromatic N) is 2. The number of alkyl halides is 2. The van der Waals surface area contributed by atoms with E-state index in [-0.39, 0.29) is 18.0 Å². The molecule has 0 aliphatic heterocycles. The summed E-state index contributed by atoms with van der Waals surface area (Å²) in [5.41, 5.74) is 0.783. The molecule has 0 saturated carbocycles. The average Bonchev–Trinajstić information content (AvgIpc) is 2.45. The monoisotopic (exact) mass is 373 g/mol. The molecule has 0 fully saturated rings. The van der Waals surface area contributed by atoms with E-state index in [1.165, 1.54) is 24.4 Å². The minimum Gasteiger partial charge on any atom is -0.433 e. The summed E-state index contributed by atoms with van der Waals surface area (Å²) in [5, 5.41) is 13.8. The molecule has 1 N–H and O–H groups in total. The van der Waals surface area contributed by atoms with Crippen LogP contribution in [0.1, 0.15) is 5.69 Å². The summed E-state index contributed by atoms with van der Waals surface area (Å²) in [7, 11) is 0. The van der Waals surface area contributed by atoms with E-state index in [9.17, 15) is 18.9 Å². The van der Waals surface area contributed by atoms with Crippen molar-refractivity contribution < 1.29 is 18.4 Å². The Kier molecular flexibility index (Phi) is 5.21. The van der Waals surface area contributed by atoms with Gasteiger partial charge in [-0.3, -0.25) is 15.1 Å². The summed E-state index contributed by atoms with van der Waals surface area (Å²) in [6, 6.07) is 7.36. The molecule has 6 nitrogen and oxygen atoms in total. The van der Waals surface area contributed by atoms with Crippen molar-refractivity contribution in [3.05, 3.63) is 56.8 Å². The van der Waals surface area contributed by atoms with E-state index in [0.717, 1.165) is 0 Å². The van der Waals surface area contributed by atoms with E-state index in [2.05, 4.69) is 31.0 Å². The highest BCUT2D eigenvalue weighted by molar-refractivity contribution is 9.10. The largest absolute Gasteiger partial charge is 0.433 e. The molecular weight excluding hydrogens is 364 g/mol. The van der Waals surface area contributed by atoms with Crippen molar-refractivity contribution in [1.29, 1.82) is 0 Å². The molecule has 0 bridgehead atoms. The van der Waals surface area contributed by atoms with Gasteiger partial charge in [-0.15, -0.1) is 0 Å². The van der Waals surface area contributed by atoms with Crippen LogP contribution >= 0.6 is 15.9 Å². The molecule has 1 aromatic carbocycles. The quantitative estimate of drug-likeness (QED) is 0.612. The van der Waals surface area contributed by atoms with Gasteiger partial charge in [0.1, 0.15) is 11.4 Å². The van der Waals surface area contributed by atoms with Gasteiger partial charge in [0, 0.05) is 10.5 Å². The zero-order valence-corrected chi connectivity index (χ0v) is 12.6. The fraction of sp³-hybridized carbons (Fsp3) is 0.154. The Morgan fingerprint density at radius 1 is 1.36 bits per heavy atom. The number of benzene rings is 1. The maximum absolute atomic E-state index is 12.0. The van der Waals surface area contributed by atoms with E-state index >= 15 is 0 Å². The van der Waals surface area contributed by atoms with Gasteiger partial charge in [-0.1, -0.05) is 15.9 Å². The summed E-state index contributed by atoms with van der Waals surface area (Å²) in [4.78, 5) is 14.4. The lowest BCUT2D eigenvalue weighted by Crippen LogP contribution is -2.05. The molecule has 2 aromatic rings. The molecule has 0 aliphatic rings. The second-order valence-electron chi connectivity index (χ2n) is 4.14. The van der Waals surface area contributed by atoms with Crippen LogP contribution in [-0.2, 0) is 6.54 Å². The number of hydrogen-bond donors (Lipinski definition) is 1. The summed E-state index contributed by atoms with van der Waals surface area (Å²) >= 11 is 3.24. The fourth-order valence-electron chi connectivity index (χ4n) is 1.68. The zero-order valence-electron chi connectivity index (χ0n) is 11.0. The Balaban J connectivity index is 2.07. The average molecular weight is 374 g/mol. The van der Waals surface area contributed by atoms with Crippen molar-refractivity contribution in [3.8, 4) is 5.75 Å². The molecule has 0 atom stereocenters. The van der Waals surface area contributed by atoms with Crippen LogP contribution in [0.25, 0.3) is 0 Å². The second-order valence-corrected chi connectivity index (χ2v) is 5.05. The van der Waals surface area contributed by atoms with Crippen LogP contribution in [0.2, 0.25) is 0 Å². The predicted octanol–water partition coefficient (Wildman–Crippen LogP) is 3.97. The smallest absolute Gasteiger partial charge is 0.387 e. The lowest BCUT2D eigenvalue weighted by Gasteiger charge is -2.08. The van der Waals surface area contributed by atoms with Crippen LogP contribution in [0.4, 0.5) is 20.2 Å². The van der Waals surface area contributed by atoms with Gasteiger partial charge in [-0.25, -0.2) is 0 Å². The molecule has 0 spiro atoms. The number of aromatic nitrogens is 1. The molecule has 0 unspecified atom stereocenters. The normalized spacial score (nSPS) is 10.5. The van der Waals surface area contributed by atoms with Crippen LogP contribution in [0.5, 0.6) is 5.75 Å². The van der Waals surface area contributed by atoms with Crippen molar-refractivity contribution in [3.63, 3.8) is 0 Å². The lowest BCUT2D eigenvalue weighted by molar-refractivity contribution is -0.384. The highest BCUT2D eigenvalue weighted by Crippen LogP contribution is 2.28.